The maximum Gasteiger partial charge on any atom is 0.348 e. The molecule has 1 saturated heterocycles. The van der Waals surface area contributed by atoms with Gasteiger partial charge in [0.2, 0.25) is 22.0 Å². The van der Waals surface area contributed by atoms with Crippen LogP contribution in [0.5, 0.6) is 5.75 Å². The van der Waals surface area contributed by atoms with Gasteiger partial charge in [-0.1, -0.05) is 29.8 Å². The normalized spacial score (nSPS) is 20.9. The number of sulfonamides is 1. The molecule has 0 aliphatic carbocycles. The average Bonchev–Trinajstić information content (AvgIpc) is 2.81. The van der Waals surface area contributed by atoms with E-state index >= 15 is 0 Å². The number of ether oxygens (including phenoxy) is 2. The van der Waals surface area contributed by atoms with E-state index in [0.29, 0.717) is 46.8 Å². The molecule has 182 valence electrons. The van der Waals surface area contributed by atoms with E-state index in [1.165, 1.54) is 16.3 Å². The Kier molecular flexibility index (Phi) is 6.69. The van der Waals surface area contributed by atoms with Gasteiger partial charge in [-0.3, -0.25) is 4.79 Å². The Labute approximate surface area is 200 Å². The smallest absolute Gasteiger partial charge is 0.348 e. The first kappa shape index (κ1) is 24.2. The van der Waals surface area contributed by atoms with Crippen LogP contribution in [-0.2, 0) is 24.3 Å². The fraction of sp³-hybridized carbons (Fsp3) is 0.440. The summed E-state index contributed by atoms with van der Waals surface area (Å²) in [5, 5.41) is 0. The van der Waals surface area contributed by atoms with Crippen molar-refractivity contribution < 1.29 is 27.5 Å². The van der Waals surface area contributed by atoms with Crippen molar-refractivity contribution in [3.63, 3.8) is 0 Å². The van der Waals surface area contributed by atoms with E-state index in [1.54, 1.807) is 38.1 Å². The standard InChI is InChI=1S/C25H30N2O6S/c1-16-12-17(2)23(18(3)13-16)34(30,31)26-11-7-8-19(14-26)24(28)27-15-22(25(29)32-4)33-21-10-6-5-9-20(21)27/h5-6,9-10,12-13,19,22H,7-8,11,14-15H2,1-4H3/t19-,22+/m0/s1. The number of nitrogens with zero attached hydrogens (tertiary/aromatic N) is 2. The molecule has 2 aromatic rings. The summed E-state index contributed by atoms with van der Waals surface area (Å²) in [5.41, 5.74) is 2.98. The minimum Gasteiger partial charge on any atom is -0.475 e. The van der Waals surface area contributed by atoms with Gasteiger partial charge < -0.3 is 14.4 Å². The van der Waals surface area contributed by atoms with Crippen molar-refractivity contribution in [1.82, 2.24) is 4.31 Å². The number of hydrogen-bond donors (Lipinski definition) is 0. The van der Waals surface area contributed by atoms with Gasteiger partial charge >= 0.3 is 5.97 Å². The van der Waals surface area contributed by atoms with Gasteiger partial charge in [0, 0.05) is 13.1 Å². The molecule has 0 N–H and O–H groups in total. The van der Waals surface area contributed by atoms with Gasteiger partial charge in [-0.15, -0.1) is 0 Å². The minimum absolute atomic E-state index is 0.0158. The van der Waals surface area contributed by atoms with E-state index in [2.05, 4.69) is 0 Å². The van der Waals surface area contributed by atoms with Gasteiger partial charge in [0.25, 0.3) is 0 Å². The fourth-order valence-corrected chi connectivity index (χ4v) is 6.92. The van der Waals surface area contributed by atoms with Crippen LogP contribution >= 0.6 is 0 Å². The number of rotatable bonds is 4. The number of methoxy groups -OCH3 is 1. The van der Waals surface area contributed by atoms with Crippen LogP contribution in [0.4, 0.5) is 5.69 Å². The van der Waals surface area contributed by atoms with Crippen LogP contribution in [-0.4, -0.2) is 57.4 Å². The van der Waals surface area contributed by atoms with Gasteiger partial charge in [-0.05, 0) is 56.9 Å². The van der Waals surface area contributed by atoms with E-state index < -0.39 is 28.0 Å². The Morgan fingerprint density at radius 1 is 1.06 bits per heavy atom. The second-order valence-electron chi connectivity index (χ2n) is 8.98. The van der Waals surface area contributed by atoms with Crippen molar-refractivity contribution in [3.05, 3.63) is 53.1 Å². The first-order chi connectivity index (χ1) is 16.1. The molecule has 2 aliphatic rings. The SMILES string of the molecule is COC(=O)[C@H]1CN(C(=O)[C@H]2CCCN(S(=O)(=O)c3c(C)cc(C)cc3C)C2)c2ccccc2O1. The number of carbonyl (C=O) groups is 2. The quantitative estimate of drug-likeness (QED) is 0.617. The Morgan fingerprint density at radius 2 is 1.74 bits per heavy atom. The number of fused-ring (bicyclic) bond motifs is 1. The molecule has 0 unspecified atom stereocenters. The second kappa shape index (κ2) is 9.38. The molecule has 8 nitrogen and oxygen atoms in total. The number of anilines is 1. The summed E-state index contributed by atoms with van der Waals surface area (Å²) in [6.45, 7) is 6.02. The van der Waals surface area contributed by atoms with Crippen molar-refractivity contribution in [2.75, 3.05) is 31.6 Å². The largest absolute Gasteiger partial charge is 0.475 e. The number of amides is 1. The van der Waals surface area contributed by atoms with Crippen molar-refractivity contribution in [2.45, 2.75) is 44.6 Å². The van der Waals surface area contributed by atoms with Crippen LogP contribution in [0.25, 0.3) is 0 Å². The molecule has 0 saturated carbocycles. The lowest BCUT2D eigenvalue weighted by atomic mass is 9.97. The van der Waals surface area contributed by atoms with Crippen molar-refractivity contribution >= 4 is 27.6 Å². The predicted molar refractivity (Wildman–Crippen MR) is 127 cm³/mol. The molecule has 2 aliphatic heterocycles. The summed E-state index contributed by atoms with van der Waals surface area (Å²) in [7, 11) is -2.49. The molecular weight excluding hydrogens is 456 g/mol. The Balaban J connectivity index is 1.61. The summed E-state index contributed by atoms with van der Waals surface area (Å²) in [6.07, 6.45) is 0.204. The van der Waals surface area contributed by atoms with Gasteiger partial charge in [0.05, 0.1) is 30.2 Å². The van der Waals surface area contributed by atoms with E-state index in [9.17, 15) is 18.0 Å². The van der Waals surface area contributed by atoms with Gasteiger partial charge in [-0.25, -0.2) is 13.2 Å². The predicted octanol–water partition coefficient (Wildman–Crippen LogP) is 2.98. The zero-order chi connectivity index (χ0) is 24.6. The first-order valence-electron chi connectivity index (χ1n) is 11.4. The molecule has 4 rings (SSSR count). The highest BCUT2D eigenvalue weighted by Gasteiger charge is 2.40. The summed E-state index contributed by atoms with van der Waals surface area (Å²) < 4.78 is 39.2. The van der Waals surface area contributed by atoms with Gasteiger partial charge in [-0.2, -0.15) is 4.31 Å². The third-order valence-corrected chi connectivity index (χ3v) is 8.61. The van der Waals surface area contributed by atoms with Gasteiger partial charge in [0.15, 0.2) is 0 Å². The summed E-state index contributed by atoms with van der Waals surface area (Å²) in [6, 6.07) is 10.8. The Bertz CT molecular complexity index is 1200. The highest BCUT2D eigenvalue weighted by molar-refractivity contribution is 7.89. The van der Waals surface area contributed by atoms with E-state index in [1.807, 2.05) is 19.1 Å². The Hall–Kier alpha value is -2.91. The summed E-state index contributed by atoms with van der Waals surface area (Å²) in [4.78, 5) is 27.7. The second-order valence-corrected chi connectivity index (χ2v) is 10.9. The van der Waals surface area contributed by atoms with Crippen LogP contribution in [0.3, 0.4) is 0 Å². The fourth-order valence-electron chi connectivity index (χ4n) is 4.98. The van der Waals surface area contributed by atoms with Crippen molar-refractivity contribution in [2.24, 2.45) is 5.92 Å². The first-order valence-corrected chi connectivity index (χ1v) is 12.8. The number of esters is 1. The average molecular weight is 487 g/mol. The van der Waals surface area contributed by atoms with Crippen LogP contribution < -0.4 is 9.64 Å². The highest BCUT2D eigenvalue weighted by atomic mass is 32.2. The van der Waals surface area contributed by atoms with Crippen LogP contribution in [0.2, 0.25) is 0 Å². The minimum atomic E-state index is -3.76. The topological polar surface area (TPSA) is 93.2 Å². The molecule has 34 heavy (non-hydrogen) atoms. The van der Waals surface area contributed by atoms with Crippen molar-refractivity contribution in [1.29, 1.82) is 0 Å². The molecule has 2 aromatic carbocycles. The Morgan fingerprint density at radius 3 is 2.41 bits per heavy atom. The molecule has 1 amide bonds. The van der Waals surface area contributed by atoms with Crippen LogP contribution in [0.1, 0.15) is 29.5 Å². The summed E-state index contributed by atoms with van der Waals surface area (Å²) >= 11 is 0. The number of aryl methyl sites for hydroxylation is 3. The molecule has 2 heterocycles. The number of carbonyl (C=O) groups excluding carboxylic acids is 2. The molecular formula is C25H30N2O6S. The molecule has 0 bridgehead atoms. The summed E-state index contributed by atoms with van der Waals surface area (Å²) in [5.74, 6) is -0.893. The zero-order valence-corrected chi connectivity index (χ0v) is 20.7. The van der Waals surface area contributed by atoms with E-state index in [4.69, 9.17) is 9.47 Å². The molecule has 0 spiro atoms. The van der Waals surface area contributed by atoms with Crippen LogP contribution in [0.15, 0.2) is 41.3 Å². The number of piperidine rings is 1. The molecule has 9 heteroatoms. The maximum atomic E-state index is 13.7. The monoisotopic (exact) mass is 486 g/mol. The number of hydrogen-bond acceptors (Lipinski definition) is 6. The zero-order valence-electron chi connectivity index (χ0n) is 19.9. The molecule has 0 radical (unpaired) electrons. The molecule has 1 fully saturated rings. The third kappa shape index (κ3) is 4.42. The van der Waals surface area contributed by atoms with Crippen molar-refractivity contribution in [3.8, 4) is 5.75 Å². The van der Waals surface area contributed by atoms with E-state index in [-0.39, 0.29) is 19.0 Å². The lowest BCUT2D eigenvalue weighted by Gasteiger charge is -2.38. The number of benzene rings is 2. The lowest BCUT2D eigenvalue weighted by molar-refractivity contribution is -0.148. The highest BCUT2D eigenvalue weighted by Crippen LogP contribution is 2.36. The molecule has 2 atom stereocenters. The molecule has 0 aromatic heterocycles. The van der Waals surface area contributed by atoms with E-state index in [0.717, 1.165) is 5.56 Å². The third-order valence-electron chi connectivity index (χ3n) is 6.44. The van der Waals surface area contributed by atoms with Crippen LogP contribution in [0, 0.1) is 26.7 Å². The number of para-hydroxylation sites is 2. The maximum absolute atomic E-state index is 13.7. The lowest BCUT2D eigenvalue weighted by Crippen LogP contribution is -2.52. The van der Waals surface area contributed by atoms with Gasteiger partial charge in [0.1, 0.15) is 5.75 Å².